The van der Waals surface area contributed by atoms with Crippen LogP contribution in [0.3, 0.4) is 0 Å². The number of nitro groups is 2. The van der Waals surface area contributed by atoms with Crippen LogP contribution in [0, 0.1) is 20.2 Å². The largest absolute Gasteiger partial charge is 0.487 e. The molecule has 8 heteroatoms. The summed E-state index contributed by atoms with van der Waals surface area (Å²) in [5, 5.41) is 24.1. The Labute approximate surface area is 96.5 Å². The van der Waals surface area contributed by atoms with Gasteiger partial charge in [-0.15, -0.1) is 0 Å². The molecule has 0 unspecified atom stereocenters. The van der Waals surface area contributed by atoms with Gasteiger partial charge in [0, 0.05) is 13.1 Å². The van der Waals surface area contributed by atoms with Crippen LogP contribution < -0.4 is 10.1 Å². The van der Waals surface area contributed by atoms with E-state index < -0.39 is 15.5 Å². The maximum atomic E-state index is 10.9. The maximum absolute atomic E-state index is 10.9. The molecule has 0 amide bonds. The Balaban J connectivity index is 3.49. The number of rotatable bonds is 5. The molecule has 17 heavy (non-hydrogen) atoms. The van der Waals surface area contributed by atoms with Crippen molar-refractivity contribution in [2.75, 3.05) is 19.0 Å². The minimum Gasteiger partial charge on any atom is -0.487 e. The zero-order valence-electron chi connectivity index (χ0n) is 9.30. The second-order valence-electron chi connectivity index (χ2n) is 3.00. The molecule has 0 spiro atoms. The third kappa shape index (κ3) is 2.41. The highest BCUT2D eigenvalue weighted by atomic mass is 16.6. The fraction of sp³-hybridized carbons (Fsp3) is 0.333. The van der Waals surface area contributed by atoms with Gasteiger partial charge in [-0.3, -0.25) is 20.2 Å². The van der Waals surface area contributed by atoms with Gasteiger partial charge in [0.1, 0.15) is 0 Å². The molecule has 0 fully saturated rings. The average molecular weight is 241 g/mol. The number of ether oxygens (including phenoxy) is 1. The molecular formula is C9H11N3O5. The van der Waals surface area contributed by atoms with Gasteiger partial charge in [0.25, 0.3) is 5.69 Å². The monoisotopic (exact) mass is 241 g/mol. The smallest absolute Gasteiger partial charge is 0.340 e. The highest BCUT2D eigenvalue weighted by Gasteiger charge is 2.29. The number of nitro benzene ring substituents is 2. The van der Waals surface area contributed by atoms with E-state index in [4.69, 9.17) is 4.74 Å². The molecule has 1 rings (SSSR count). The Morgan fingerprint density at radius 1 is 1.29 bits per heavy atom. The molecular weight excluding hydrogens is 230 g/mol. The SMILES string of the molecule is CCOc1ccc([N+](=O)[O-])c(NC)c1[N+](=O)[O-]. The molecule has 1 N–H and O–H groups in total. The minimum absolute atomic E-state index is 0.00690. The molecule has 92 valence electrons. The maximum Gasteiger partial charge on any atom is 0.340 e. The second kappa shape index (κ2) is 5.10. The van der Waals surface area contributed by atoms with E-state index in [-0.39, 0.29) is 23.7 Å². The Morgan fingerprint density at radius 2 is 1.94 bits per heavy atom. The summed E-state index contributed by atoms with van der Waals surface area (Å²) in [4.78, 5) is 20.3. The molecule has 0 aliphatic carbocycles. The predicted octanol–water partition coefficient (Wildman–Crippen LogP) is 1.94. The van der Waals surface area contributed by atoms with Gasteiger partial charge in [0.05, 0.1) is 16.5 Å². The Morgan fingerprint density at radius 3 is 2.35 bits per heavy atom. The first kappa shape index (κ1) is 12.7. The summed E-state index contributed by atoms with van der Waals surface area (Å²) in [6, 6.07) is 2.39. The van der Waals surface area contributed by atoms with Gasteiger partial charge < -0.3 is 10.1 Å². The first-order chi connectivity index (χ1) is 8.02. The predicted molar refractivity (Wildman–Crippen MR) is 60.5 cm³/mol. The fourth-order valence-electron chi connectivity index (χ4n) is 1.41. The van der Waals surface area contributed by atoms with E-state index in [0.717, 1.165) is 0 Å². The van der Waals surface area contributed by atoms with Gasteiger partial charge in [-0.25, -0.2) is 0 Å². The normalized spacial score (nSPS) is 9.76. The van der Waals surface area contributed by atoms with E-state index in [0.29, 0.717) is 0 Å². The molecule has 0 radical (unpaired) electrons. The summed E-state index contributed by atoms with van der Waals surface area (Å²) in [5.74, 6) is 0.00690. The zero-order valence-corrected chi connectivity index (χ0v) is 9.30. The summed E-state index contributed by atoms with van der Waals surface area (Å²) >= 11 is 0. The third-order valence-corrected chi connectivity index (χ3v) is 2.05. The van der Waals surface area contributed by atoms with Crippen LogP contribution in [0.2, 0.25) is 0 Å². The molecule has 8 nitrogen and oxygen atoms in total. The molecule has 0 bridgehead atoms. The van der Waals surface area contributed by atoms with E-state index in [2.05, 4.69) is 5.32 Å². The number of benzene rings is 1. The van der Waals surface area contributed by atoms with Gasteiger partial charge in [-0.1, -0.05) is 0 Å². The third-order valence-electron chi connectivity index (χ3n) is 2.05. The van der Waals surface area contributed by atoms with E-state index in [9.17, 15) is 20.2 Å². The van der Waals surface area contributed by atoms with Crippen molar-refractivity contribution >= 4 is 17.1 Å². The fourth-order valence-corrected chi connectivity index (χ4v) is 1.41. The lowest BCUT2D eigenvalue weighted by Crippen LogP contribution is -2.04. The van der Waals surface area contributed by atoms with Crippen LogP contribution in [0.4, 0.5) is 17.1 Å². The van der Waals surface area contributed by atoms with Crippen molar-refractivity contribution in [3.05, 3.63) is 32.4 Å². The van der Waals surface area contributed by atoms with Crippen LogP contribution in [0.1, 0.15) is 6.92 Å². The van der Waals surface area contributed by atoms with Gasteiger partial charge >= 0.3 is 5.69 Å². The van der Waals surface area contributed by atoms with Crippen LogP contribution in [0.25, 0.3) is 0 Å². The standard InChI is InChI=1S/C9H11N3O5/c1-3-17-7-5-4-6(11(13)14)8(10-2)9(7)12(15)16/h4-5,10H,3H2,1-2H3. The van der Waals surface area contributed by atoms with Crippen molar-refractivity contribution in [1.82, 2.24) is 0 Å². The summed E-state index contributed by atoms with van der Waals surface area (Å²) in [5.41, 5.74) is -0.947. The second-order valence-corrected chi connectivity index (χ2v) is 3.00. The van der Waals surface area contributed by atoms with Crippen molar-refractivity contribution in [1.29, 1.82) is 0 Å². The summed E-state index contributed by atoms with van der Waals surface area (Å²) in [7, 11) is 1.38. The zero-order chi connectivity index (χ0) is 13.0. The van der Waals surface area contributed by atoms with E-state index in [1.54, 1.807) is 6.92 Å². The number of anilines is 1. The lowest BCUT2D eigenvalue weighted by molar-refractivity contribution is -0.392. The molecule has 0 aromatic heterocycles. The van der Waals surface area contributed by atoms with E-state index >= 15 is 0 Å². The highest BCUT2D eigenvalue weighted by molar-refractivity contribution is 5.78. The molecule has 0 heterocycles. The number of nitrogens with zero attached hydrogens (tertiary/aromatic N) is 2. The van der Waals surface area contributed by atoms with Crippen LogP contribution >= 0.6 is 0 Å². The lowest BCUT2D eigenvalue weighted by Gasteiger charge is -2.08. The molecule has 0 saturated carbocycles. The summed E-state index contributed by atoms with van der Waals surface area (Å²) in [6.07, 6.45) is 0. The van der Waals surface area contributed by atoms with Crippen molar-refractivity contribution in [2.45, 2.75) is 6.92 Å². The number of nitrogens with one attached hydrogen (secondary N) is 1. The lowest BCUT2D eigenvalue weighted by atomic mass is 10.2. The molecule has 0 atom stereocenters. The molecule has 0 aliphatic heterocycles. The Kier molecular flexibility index (Phi) is 3.81. The summed E-state index contributed by atoms with van der Waals surface area (Å²) < 4.78 is 5.07. The highest BCUT2D eigenvalue weighted by Crippen LogP contribution is 2.41. The first-order valence-corrected chi connectivity index (χ1v) is 4.79. The molecule has 1 aromatic carbocycles. The minimum atomic E-state index is -0.705. The van der Waals surface area contributed by atoms with E-state index in [1.165, 1.54) is 19.2 Å². The van der Waals surface area contributed by atoms with Gasteiger partial charge in [0.15, 0.2) is 11.4 Å². The summed E-state index contributed by atoms with van der Waals surface area (Å²) in [6.45, 7) is 1.91. The van der Waals surface area contributed by atoms with Crippen molar-refractivity contribution in [3.63, 3.8) is 0 Å². The molecule has 0 aliphatic rings. The van der Waals surface area contributed by atoms with E-state index in [1.807, 2.05) is 0 Å². The van der Waals surface area contributed by atoms with Gasteiger partial charge in [-0.2, -0.15) is 0 Å². The van der Waals surface area contributed by atoms with Crippen LogP contribution in [0.5, 0.6) is 5.75 Å². The van der Waals surface area contributed by atoms with Crippen LogP contribution in [-0.2, 0) is 0 Å². The average Bonchev–Trinajstić information content (AvgIpc) is 2.27. The van der Waals surface area contributed by atoms with Crippen LogP contribution in [-0.4, -0.2) is 23.5 Å². The molecule has 0 saturated heterocycles. The van der Waals surface area contributed by atoms with Crippen molar-refractivity contribution in [2.24, 2.45) is 0 Å². The van der Waals surface area contributed by atoms with Gasteiger partial charge in [-0.05, 0) is 13.0 Å². The first-order valence-electron chi connectivity index (χ1n) is 4.79. The number of hydrogen-bond acceptors (Lipinski definition) is 6. The topological polar surface area (TPSA) is 108 Å². The van der Waals surface area contributed by atoms with Crippen molar-refractivity contribution < 1.29 is 14.6 Å². The van der Waals surface area contributed by atoms with Crippen LogP contribution in [0.15, 0.2) is 12.1 Å². The Hall–Kier alpha value is -2.38. The van der Waals surface area contributed by atoms with Crippen molar-refractivity contribution in [3.8, 4) is 5.75 Å². The quantitative estimate of drug-likeness (QED) is 0.623. The van der Waals surface area contributed by atoms with Gasteiger partial charge in [0.2, 0.25) is 0 Å². The molecule has 1 aromatic rings. The number of hydrogen-bond donors (Lipinski definition) is 1. The Bertz CT molecular complexity index is 460.